The van der Waals surface area contributed by atoms with Gasteiger partial charge in [0.15, 0.2) is 9.84 Å². The van der Waals surface area contributed by atoms with E-state index in [0.29, 0.717) is 6.42 Å². The molecule has 0 aliphatic heterocycles. The normalized spacial score (nSPS) is 19.1. The van der Waals surface area contributed by atoms with Gasteiger partial charge in [0.25, 0.3) is 0 Å². The molecule has 0 aromatic heterocycles. The first-order valence-corrected chi connectivity index (χ1v) is 7.76. The molecule has 0 heterocycles. The molecule has 0 saturated heterocycles. The largest absolute Gasteiger partial charge is 0.358 e. The number of sulfone groups is 1. The average Bonchev–Trinajstić information content (AvgIpc) is 2.37. The fraction of sp³-hybridized carbons (Fsp3) is 0.462. The van der Waals surface area contributed by atoms with Crippen molar-refractivity contribution in [2.45, 2.75) is 24.5 Å². The van der Waals surface area contributed by atoms with Gasteiger partial charge in [0, 0.05) is 7.05 Å². The quantitative estimate of drug-likeness (QED) is 0.895. The predicted octanol–water partition coefficient (Wildman–Crippen LogP) is 1.22. The third-order valence-electron chi connectivity index (χ3n) is 3.36. The van der Waals surface area contributed by atoms with Crippen LogP contribution in [-0.4, -0.2) is 27.1 Å². The number of benzene rings is 1. The summed E-state index contributed by atoms with van der Waals surface area (Å²) < 4.78 is 24.5. The highest BCUT2D eigenvalue weighted by Crippen LogP contribution is 2.35. The summed E-state index contributed by atoms with van der Waals surface area (Å²) in [5.74, 6) is -0.874. The van der Waals surface area contributed by atoms with Gasteiger partial charge in [0.2, 0.25) is 5.91 Å². The summed E-state index contributed by atoms with van der Waals surface area (Å²) in [5, 5.41) is 1.84. The summed E-state index contributed by atoms with van der Waals surface area (Å²) >= 11 is 0. The van der Waals surface area contributed by atoms with E-state index in [1.54, 1.807) is 0 Å². The van der Waals surface area contributed by atoms with E-state index in [-0.39, 0.29) is 0 Å². The lowest BCUT2D eigenvalue weighted by Crippen LogP contribution is -2.31. The van der Waals surface area contributed by atoms with Crippen LogP contribution in [0.5, 0.6) is 0 Å². The van der Waals surface area contributed by atoms with Gasteiger partial charge < -0.3 is 5.32 Å². The van der Waals surface area contributed by atoms with E-state index in [1.807, 2.05) is 24.3 Å². The maximum atomic E-state index is 12.3. The van der Waals surface area contributed by atoms with E-state index in [1.165, 1.54) is 7.05 Å². The number of carbonyl (C=O) groups excluding carboxylic acids is 1. The molecule has 0 radical (unpaired) electrons. The van der Waals surface area contributed by atoms with E-state index < -0.39 is 26.7 Å². The van der Waals surface area contributed by atoms with Crippen LogP contribution < -0.4 is 5.32 Å². The maximum absolute atomic E-state index is 12.3. The minimum absolute atomic E-state index is 0.428. The molecule has 1 amide bonds. The van der Waals surface area contributed by atoms with Crippen LogP contribution in [0, 0.1) is 0 Å². The summed E-state index contributed by atoms with van der Waals surface area (Å²) in [4.78, 5) is 11.3. The third kappa shape index (κ3) is 2.56. The summed E-state index contributed by atoms with van der Waals surface area (Å²) in [6.07, 6.45) is 2.38. The van der Waals surface area contributed by atoms with Crippen molar-refractivity contribution in [1.29, 1.82) is 0 Å². The van der Waals surface area contributed by atoms with Gasteiger partial charge in [-0.2, -0.15) is 0 Å². The standard InChI is InChI=1S/C13H17NO3S/c1-14-13(15)9-18(16,17)12-8-4-6-10-5-2-3-7-11(10)12/h2-3,5,7,12H,4,6,8-9H2,1H3,(H,14,15)/t12-/m1/s1. The Labute approximate surface area is 107 Å². The maximum Gasteiger partial charge on any atom is 0.234 e. The van der Waals surface area contributed by atoms with Crippen LogP contribution in [0.3, 0.4) is 0 Å². The highest BCUT2D eigenvalue weighted by atomic mass is 32.2. The second kappa shape index (κ2) is 5.10. The molecule has 18 heavy (non-hydrogen) atoms. The zero-order valence-corrected chi connectivity index (χ0v) is 11.2. The van der Waals surface area contributed by atoms with E-state index in [0.717, 1.165) is 24.0 Å². The molecular weight excluding hydrogens is 250 g/mol. The highest BCUT2D eigenvalue weighted by molar-refractivity contribution is 7.92. The Balaban J connectivity index is 2.33. The first-order valence-electron chi connectivity index (χ1n) is 6.04. The molecule has 1 aromatic rings. The van der Waals surface area contributed by atoms with E-state index >= 15 is 0 Å². The highest BCUT2D eigenvalue weighted by Gasteiger charge is 2.32. The Kier molecular flexibility index (Phi) is 3.71. The van der Waals surface area contributed by atoms with Crippen LogP contribution >= 0.6 is 0 Å². The van der Waals surface area contributed by atoms with Crippen LogP contribution in [0.25, 0.3) is 0 Å². The number of nitrogens with one attached hydrogen (secondary N) is 1. The number of aryl methyl sites for hydroxylation is 1. The number of amides is 1. The summed E-state index contributed by atoms with van der Waals surface area (Å²) in [7, 11) is -1.97. The van der Waals surface area contributed by atoms with Gasteiger partial charge >= 0.3 is 0 Å². The van der Waals surface area contributed by atoms with Gasteiger partial charge in [-0.25, -0.2) is 8.42 Å². The first kappa shape index (κ1) is 13.1. The second-order valence-electron chi connectivity index (χ2n) is 4.56. The van der Waals surface area contributed by atoms with Crippen molar-refractivity contribution >= 4 is 15.7 Å². The Hall–Kier alpha value is -1.36. The summed E-state index contributed by atoms with van der Waals surface area (Å²) in [5.41, 5.74) is 1.96. The van der Waals surface area contributed by atoms with E-state index in [4.69, 9.17) is 0 Å². The van der Waals surface area contributed by atoms with Crippen molar-refractivity contribution in [3.63, 3.8) is 0 Å². The number of hydrogen-bond donors (Lipinski definition) is 1. The van der Waals surface area contributed by atoms with Crippen LogP contribution in [0.2, 0.25) is 0 Å². The van der Waals surface area contributed by atoms with Crippen molar-refractivity contribution < 1.29 is 13.2 Å². The molecule has 1 aliphatic rings. The molecule has 1 aromatic carbocycles. The molecule has 0 bridgehead atoms. The molecule has 0 spiro atoms. The van der Waals surface area contributed by atoms with Crippen LogP contribution in [0.1, 0.15) is 29.2 Å². The topological polar surface area (TPSA) is 63.2 Å². The lowest BCUT2D eigenvalue weighted by molar-refractivity contribution is -0.118. The zero-order valence-electron chi connectivity index (χ0n) is 10.3. The van der Waals surface area contributed by atoms with Crippen molar-refractivity contribution in [1.82, 2.24) is 5.32 Å². The van der Waals surface area contributed by atoms with Gasteiger partial charge in [0.05, 0.1) is 5.25 Å². The fourth-order valence-electron chi connectivity index (χ4n) is 2.44. The molecule has 4 nitrogen and oxygen atoms in total. The van der Waals surface area contributed by atoms with Gasteiger partial charge in [-0.1, -0.05) is 24.3 Å². The van der Waals surface area contributed by atoms with Crippen molar-refractivity contribution in [3.8, 4) is 0 Å². The van der Waals surface area contributed by atoms with Gasteiger partial charge in [-0.15, -0.1) is 0 Å². The monoisotopic (exact) mass is 267 g/mol. The molecule has 5 heteroatoms. The second-order valence-corrected chi connectivity index (χ2v) is 6.74. The summed E-state index contributed by atoms with van der Waals surface area (Å²) in [6, 6.07) is 7.61. The van der Waals surface area contributed by atoms with Crippen molar-refractivity contribution in [3.05, 3.63) is 35.4 Å². The third-order valence-corrected chi connectivity index (χ3v) is 5.38. The Morgan fingerprint density at radius 2 is 2.11 bits per heavy atom. The molecule has 0 fully saturated rings. The summed E-state index contributed by atoms with van der Waals surface area (Å²) in [6.45, 7) is 0. The van der Waals surface area contributed by atoms with Gasteiger partial charge in [-0.05, 0) is 30.4 Å². The molecule has 98 valence electrons. The molecule has 1 N–H and O–H groups in total. The molecule has 1 atom stereocenters. The Bertz CT molecular complexity index is 551. The number of fused-ring (bicyclic) bond motifs is 1. The zero-order chi connectivity index (χ0) is 13.2. The minimum Gasteiger partial charge on any atom is -0.358 e. The smallest absolute Gasteiger partial charge is 0.234 e. The Morgan fingerprint density at radius 1 is 1.39 bits per heavy atom. The minimum atomic E-state index is -3.42. The molecule has 1 aliphatic carbocycles. The Morgan fingerprint density at radius 3 is 2.83 bits per heavy atom. The van der Waals surface area contributed by atoms with E-state index in [2.05, 4.69) is 5.32 Å². The lowest BCUT2D eigenvalue weighted by Gasteiger charge is -2.25. The molecule has 0 unspecified atom stereocenters. The molecule has 2 rings (SSSR count). The van der Waals surface area contributed by atoms with Crippen LogP contribution in [0.4, 0.5) is 0 Å². The fourth-order valence-corrected chi connectivity index (χ4v) is 4.29. The SMILES string of the molecule is CNC(=O)CS(=O)(=O)[C@@H]1CCCc2ccccc21. The van der Waals surface area contributed by atoms with Crippen molar-refractivity contribution in [2.75, 3.05) is 12.8 Å². The number of carbonyl (C=O) groups is 1. The van der Waals surface area contributed by atoms with Crippen molar-refractivity contribution in [2.24, 2.45) is 0 Å². The average molecular weight is 267 g/mol. The van der Waals surface area contributed by atoms with Crippen LogP contribution in [0.15, 0.2) is 24.3 Å². The van der Waals surface area contributed by atoms with Crippen LogP contribution in [-0.2, 0) is 21.1 Å². The van der Waals surface area contributed by atoms with E-state index in [9.17, 15) is 13.2 Å². The molecule has 0 saturated carbocycles. The van der Waals surface area contributed by atoms with Gasteiger partial charge in [-0.3, -0.25) is 4.79 Å². The predicted molar refractivity (Wildman–Crippen MR) is 70.0 cm³/mol. The molecular formula is C13H17NO3S. The lowest BCUT2D eigenvalue weighted by atomic mass is 9.91. The first-order chi connectivity index (χ1) is 8.54. The number of hydrogen-bond acceptors (Lipinski definition) is 3. The van der Waals surface area contributed by atoms with Gasteiger partial charge in [0.1, 0.15) is 5.75 Å². The number of rotatable bonds is 3.